The molecule has 0 heterocycles. The van der Waals surface area contributed by atoms with Crippen molar-refractivity contribution in [1.29, 1.82) is 0 Å². The number of hydrogen-bond donors (Lipinski definition) is 0. The molecule has 2 aliphatic rings. The molecule has 0 saturated heterocycles. The highest BCUT2D eigenvalue weighted by molar-refractivity contribution is 5.66. The Labute approximate surface area is 124 Å². The lowest BCUT2D eigenvalue weighted by Crippen LogP contribution is -1.98. The summed E-state index contributed by atoms with van der Waals surface area (Å²) < 4.78 is 11.4. The summed E-state index contributed by atoms with van der Waals surface area (Å²) in [6.07, 6.45) is 8.24. The molecule has 0 aromatic heterocycles. The number of rotatable bonds is 3. The van der Waals surface area contributed by atoms with Crippen molar-refractivity contribution in [2.45, 2.75) is 12.8 Å². The van der Waals surface area contributed by atoms with Gasteiger partial charge in [-0.15, -0.1) is 0 Å². The molecular formula is C19H16O2. The number of ether oxygens (including phenoxy) is 2. The molecular weight excluding hydrogens is 260 g/mol. The molecule has 0 N–H and O–H groups in total. The smallest absolute Gasteiger partial charge is 0.131 e. The van der Waals surface area contributed by atoms with Crippen LogP contribution in [0.3, 0.4) is 0 Å². The van der Waals surface area contributed by atoms with Gasteiger partial charge in [-0.05, 0) is 47.4 Å². The lowest BCUT2D eigenvalue weighted by atomic mass is 10.1. The molecule has 0 unspecified atom stereocenters. The van der Waals surface area contributed by atoms with E-state index in [4.69, 9.17) is 9.47 Å². The first-order chi connectivity index (χ1) is 10.3. The lowest BCUT2D eigenvalue weighted by Gasteiger charge is -2.11. The van der Waals surface area contributed by atoms with Gasteiger partial charge in [0.15, 0.2) is 0 Å². The molecule has 0 spiro atoms. The molecule has 0 amide bonds. The van der Waals surface area contributed by atoms with Crippen LogP contribution in [0.1, 0.15) is 22.3 Å². The van der Waals surface area contributed by atoms with Crippen LogP contribution in [0.15, 0.2) is 48.2 Å². The molecule has 4 rings (SSSR count). The Morgan fingerprint density at radius 3 is 2.90 bits per heavy atom. The summed E-state index contributed by atoms with van der Waals surface area (Å²) in [5, 5.41) is 0. The summed E-state index contributed by atoms with van der Waals surface area (Å²) in [6.45, 7) is 0. The summed E-state index contributed by atoms with van der Waals surface area (Å²) in [6, 6.07) is 12.4. The van der Waals surface area contributed by atoms with Crippen molar-refractivity contribution in [1.82, 2.24) is 0 Å². The van der Waals surface area contributed by atoms with Crippen molar-refractivity contribution in [2.24, 2.45) is 0 Å². The van der Waals surface area contributed by atoms with Gasteiger partial charge < -0.3 is 9.47 Å². The van der Waals surface area contributed by atoms with E-state index in [1.54, 1.807) is 7.11 Å². The minimum atomic E-state index is 0.823. The minimum absolute atomic E-state index is 0.823. The fraction of sp³-hybridized carbons (Fsp3) is 0.158. The van der Waals surface area contributed by atoms with Crippen LogP contribution in [-0.4, -0.2) is 7.11 Å². The highest BCUT2D eigenvalue weighted by Gasteiger charge is 2.18. The maximum Gasteiger partial charge on any atom is 0.131 e. The molecule has 2 heteroatoms. The van der Waals surface area contributed by atoms with Crippen LogP contribution in [0.4, 0.5) is 0 Å². The Morgan fingerprint density at radius 2 is 2.00 bits per heavy atom. The molecule has 0 bridgehead atoms. The average Bonchev–Trinajstić information content (AvgIpc) is 3.12. The molecule has 0 atom stereocenters. The third-order valence-electron chi connectivity index (χ3n) is 4.06. The second kappa shape index (κ2) is 4.81. The van der Waals surface area contributed by atoms with Crippen LogP contribution in [0.2, 0.25) is 0 Å². The number of methoxy groups -OCH3 is 1. The quantitative estimate of drug-likeness (QED) is 0.834. The molecule has 104 valence electrons. The molecule has 0 fully saturated rings. The SMILES string of the molecule is COc1ccc2c(c1)CC(Oc1cccc3c1CC=C3)=C2. The number of hydrogen-bond acceptors (Lipinski definition) is 2. The van der Waals surface area contributed by atoms with Crippen molar-refractivity contribution in [3.8, 4) is 11.5 Å². The Morgan fingerprint density at radius 1 is 1.05 bits per heavy atom. The van der Waals surface area contributed by atoms with E-state index < -0.39 is 0 Å². The summed E-state index contributed by atoms with van der Waals surface area (Å²) in [5.41, 5.74) is 5.03. The minimum Gasteiger partial charge on any atom is -0.497 e. The van der Waals surface area contributed by atoms with Gasteiger partial charge in [0, 0.05) is 12.0 Å². The lowest BCUT2D eigenvalue weighted by molar-refractivity contribution is 0.411. The van der Waals surface area contributed by atoms with Crippen LogP contribution in [0, 0.1) is 0 Å². The molecule has 0 aliphatic heterocycles. The number of fused-ring (bicyclic) bond motifs is 2. The second-order valence-corrected chi connectivity index (χ2v) is 5.38. The van der Waals surface area contributed by atoms with Gasteiger partial charge in [-0.1, -0.05) is 30.4 Å². The molecule has 2 nitrogen and oxygen atoms in total. The standard InChI is InChI=1S/C19H16O2/c1-20-16-9-8-14-10-17(12-15(14)11-16)21-19-7-3-5-13-4-2-6-18(13)19/h2-5,7-11H,6,12H2,1H3. The summed E-state index contributed by atoms with van der Waals surface area (Å²) >= 11 is 0. The van der Waals surface area contributed by atoms with Crippen molar-refractivity contribution >= 4 is 12.2 Å². The summed E-state index contributed by atoms with van der Waals surface area (Å²) in [5.74, 6) is 2.87. The molecule has 2 aliphatic carbocycles. The second-order valence-electron chi connectivity index (χ2n) is 5.38. The fourth-order valence-electron chi connectivity index (χ4n) is 2.98. The monoisotopic (exact) mass is 276 g/mol. The zero-order valence-electron chi connectivity index (χ0n) is 11.9. The zero-order valence-corrected chi connectivity index (χ0v) is 11.9. The van der Waals surface area contributed by atoms with E-state index in [1.807, 2.05) is 6.07 Å². The van der Waals surface area contributed by atoms with Gasteiger partial charge in [0.2, 0.25) is 0 Å². The van der Waals surface area contributed by atoms with Crippen molar-refractivity contribution < 1.29 is 9.47 Å². The third kappa shape index (κ3) is 2.13. The van der Waals surface area contributed by atoms with Crippen LogP contribution in [0.5, 0.6) is 11.5 Å². The third-order valence-corrected chi connectivity index (χ3v) is 4.06. The first kappa shape index (κ1) is 12.3. The Balaban J connectivity index is 1.59. The van der Waals surface area contributed by atoms with Gasteiger partial charge in [-0.25, -0.2) is 0 Å². The van der Waals surface area contributed by atoms with Gasteiger partial charge in [-0.2, -0.15) is 0 Å². The van der Waals surface area contributed by atoms with E-state index in [-0.39, 0.29) is 0 Å². The average molecular weight is 276 g/mol. The first-order valence-corrected chi connectivity index (χ1v) is 7.17. The van der Waals surface area contributed by atoms with E-state index in [1.165, 1.54) is 22.3 Å². The Kier molecular flexibility index (Phi) is 2.81. The van der Waals surface area contributed by atoms with Crippen molar-refractivity contribution in [3.63, 3.8) is 0 Å². The van der Waals surface area contributed by atoms with Crippen LogP contribution in [0.25, 0.3) is 12.2 Å². The molecule has 0 radical (unpaired) electrons. The first-order valence-electron chi connectivity index (χ1n) is 7.17. The topological polar surface area (TPSA) is 18.5 Å². The number of allylic oxidation sites excluding steroid dienone is 2. The van der Waals surface area contributed by atoms with Gasteiger partial charge in [0.25, 0.3) is 0 Å². The van der Waals surface area contributed by atoms with Gasteiger partial charge in [0.1, 0.15) is 17.3 Å². The van der Waals surface area contributed by atoms with Gasteiger partial charge in [0.05, 0.1) is 7.11 Å². The van der Waals surface area contributed by atoms with Gasteiger partial charge in [-0.3, -0.25) is 0 Å². The predicted octanol–water partition coefficient (Wildman–Crippen LogP) is 4.24. The number of benzene rings is 2. The maximum absolute atomic E-state index is 6.15. The summed E-state index contributed by atoms with van der Waals surface area (Å²) in [4.78, 5) is 0. The van der Waals surface area contributed by atoms with Crippen LogP contribution in [-0.2, 0) is 12.8 Å². The van der Waals surface area contributed by atoms with E-state index in [0.717, 1.165) is 30.1 Å². The maximum atomic E-state index is 6.15. The normalized spacial score (nSPS) is 14.6. The Hall–Kier alpha value is -2.48. The predicted molar refractivity (Wildman–Crippen MR) is 84.5 cm³/mol. The van der Waals surface area contributed by atoms with Crippen molar-refractivity contribution in [2.75, 3.05) is 7.11 Å². The molecule has 2 aromatic rings. The highest BCUT2D eigenvalue weighted by atomic mass is 16.5. The van der Waals surface area contributed by atoms with Crippen LogP contribution >= 0.6 is 0 Å². The van der Waals surface area contributed by atoms with E-state index in [2.05, 4.69) is 48.6 Å². The molecule has 2 aromatic carbocycles. The highest BCUT2D eigenvalue weighted by Crippen LogP contribution is 2.34. The Bertz CT molecular complexity index is 769. The fourth-order valence-corrected chi connectivity index (χ4v) is 2.98. The van der Waals surface area contributed by atoms with E-state index in [0.29, 0.717) is 0 Å². The summed E-state index contributed by atoms with van der Waals surface area (Å²) in [7, 11) is 1.70. The van der Waals surface area contributed by atoms with Crippen LogP contribution < -0.4 is 9.47 Å². The molecule has 21 heavy (non-hydrogen) atoms. The zero-order chi connectivity index (χ0) is 14.2. The largest absolute Gasteiger partial charge is 0.497 e. The van der Waals surface area contributed by atoms with E-state index in [9.17, 15) is 0 Å². The van der Waals surface area contributed by atoms with Crippen molar-refractivity contribution in [3.05, 3.63) is 70.5 Å². The van der Waals surface area contributed by atoms with Gasteiger partial charge >= 0.3 is 0 Å². The van der Waals surface area contributed by atoms with E-state index >= 15 is 0 Å². The molecule has 0 saturated carbocycles.